The van der Waals surface area contributed by atoms with E-state index in [4.69, 9.17) is 5.73 Å². The van der Waals surface area contributed by atoms with Crippen molar-refractivity contribution in [2.45, 2.75) is 6.92 Å². The van der Waals surface area contributed by atoms with Crippen LogP contribution in [0.15, 0.2) is 48.5 Å². The third kappa shape index (κ3) is 6.13. The molecule has 0 saturated carbocycles. The molecule has 8 heteroatoms. The number of para-hydroxylation sites is 1. The van der Waals surface area contributed by atoms with Gasteiger partial charge in [-0.3, -0.25) is 24.2 Å². The van der Waals surface area contributed by atoms with Crippen LogP contribution in [0.25, 0.3) is 0 Å². The van der Waals surface area contributed by atoms with Crippen LogP contribution >= 0.6 is 0 Å². The van der Waals surface area contributed by atoms with Gasteiger partial charge in [0, 0.05) is 31.9 Å². The molecule has 0 radical (unpaired) electrons. The molecule has 0 aromatic heterocycles. The van der Waals surface area contributed by atoms with Crippen LogP contribution in [0.2, 0.25) is 0 Å². The lowest BCUT2D eigenvalue weighted by atomic mass is 10.1. The predicted molar refractivity (Wildman–Crippen MR) is 116 cm³/mol. The lowest BCUT2D eigenvalue weighted by Gasteiger charge is -2.33. The fourth-order valence-corrected chi connectivity index (χ4v) is 3.35. The molecule has 0 aliphatic carbocycles. The minimum Gasteiger partial charge on any atom is -0.366 e. The van der Waals surface area contributed by atoms with Gasteiger partial charge in [-0.25, -0.2) is 0 Å². The molecule has 30 heavy (non-hydrogen) atoms. The van der Waals surface area contributed by atoms with Crippen molar-refractivity contribution in [2.75, 3.05) is 49.9 Å². The molecule has 3 rings (SSSR count). The van der Waals surface area contributed by atoms with E-state index in [1.807, 2.05) is 36.1 Å². The zero-order chi connectivity index (χ0) is 21.5. The van der Waals surface area contributed by atoms with Crippen LogP contribution < -0.4 is 16.4 Å². The van der Waals surface area contributed by atoms with Crippen LogP contribution in [0.3, 0.4) is 0 Å². The van der Waals surface area contributed by atoms with Gasteiger partial charge in [0.2, 0.25) is 11.8 Å². The van der Waals surface area contributed by atoms with Crippen molar-refractivity contribution in [3.8, 4) is 0 Å². The van der Waals surface area contributed by atoms with Crippen LogP contribution in [0.4, 0.5) is 11.4 Å². The first-order valence-electron chi connectivity index (χ1n) is 9.90. The van der Waals surface area contributed by atoms with Gasteiger partial charge >= 0.3 is 0 Å². The topological polar surface area (TPSA) is 108 Å². The van der Waals surface area contributed by atoms with Crippen molar-refractivity contribution in [2.24, 2.45) is 5.73 Å². The number of nitrogens with zero attached hydrogens (tertiary/aromatic N) is 2. The van der Waals surface area contributed by atoms with E-state index < -0.39 is 5.91 Å². The molecule has 0 bridgehead atoms. The number of nitrogens with two attached hydrogens (primary N) is 1. The SMILES string of the molecule is Cc1ccc(NC(=O)CN2CCN(CC(=O)Nc3ccccc3C(N)=O)CC2)cc1. The van der Waals surface area contributed by atoms with Gasteiger partial charge in [0.1, 0.15) is 0 Å². The maximum atomic E-state index is 12.4. The summed E-state index contributed by atoms with van der Waals surface area (Å²) in [6.45, 7) is 5.31. The Morgan fingerprint density at radius 3 is 1.93 bits per heavy atom. The van der Waals surface area contributed by atoms with E-state index in [-0.39, 0.29) is 23.9 Å². The number of benzene rings is 2. The average Bonchev–Trinajstić information content (AvgIpc) is 2.71. The molecule has 2 aromatic carbocycles. The number of carbonyl (C=O) groups is 3. The number of rotatable bonds is 7. The fraction of sp³-hybridized carbons (Fsp3) is 0.318. The highest BCUT2D eigenvalue weighted by Crippen LogP contribution is 2.14. The molecular weight excluding hydrogens is 382 g/mol. The normalized spacial score (nSPS) is 14.8. The van der Waals surface area contributed by atoms with Crippen molar-refractivity contribution >= 4 is 29.1 Å². The van der Waals surface area contributed by atoms with Crippen LogP contribution in [0.5, 0.6) is 0 Å². The predicted octanol–water partition coefficient (Wildman–Crippen LogP) is 1.29. The standard InChI is InChI=1S/C22H27N5O3/c1-16-6-8-17(9-7-16)24-20(28)14-26-10-12-27(13-11-26)15-21(29)25-19-5-3-2-4-18(19)22(23)30/h2-9H,10-15H2,1H3,(H2,23,30)(H,24,28)(H,25,29). The number of primary amides is 1. The molecule has 8 nitrogen and oxygen atoms in total. The molecule has 0 unspecified atom stereocenters. The van der Waals surface area contributed by atoms with Gasteiger partial charge in [-0.05, 0) is 31.2 Å². The van der Waals surface area contributed by atoms with E-state index in [2.05, 4.69) is 15.5 Å². The van der Waals surface area contributed by atoms with Gasteiger partial charge in [0.05, 0.1) is 24.3 Å². The van der Waals surface area contributed by atoms with Crippen molar-refractivity contribution < 1.29 is 14.4 Å². The highest BCUT2D eigenvalue weighted by Gasteiger charge is 2.21. The van der Waals surface area contributed by atoms with E-state index in [0.29, 0.717) is 38.4 Å². The zero-order valence-corrected chi connectivity index (χ0v) is 17.1. The van der Waals surface area contributed by atoms with Crippen LogP contribution in [0, 0.1) is 6.92 Å². The van der Waals surface area contributed by atoms with Crippen molar-refractivity contribution in [1.29, 1.82) is 0 Å². The average molecular weight is 409 g/mol. The lowest BCUT2D eigenvalue weighted by Crippen LogP contribution is -2.50. The Hall–Kier alpha value is -3.23. The largest absolute Gasteiger partial charge is 0.366 e. The number of amides is 3. The monoisotopic (exact) mass is 409 g/mol. The summed E-state index contributed by atoms with van der Waals surface area (Å²) in [6.07, 6.45) is 0. The van der Waals surface area contributed by atoms with Gasteiger partial charge < -0.3 is 16.4 Å². The number of hydrogen-bond donors (Lipinski definition) is 3. The second-order valence-corrected chi connectivity index (χ2v) is 7.42. The summed E-state index contributed by atoms with van der Waals surface area (Å²) in [4.78, 5) is 40.2. The highest BCUT2D eigenvalue weighted by molar-refractivity contribution is 6.03. The number of anilines is 2. The third-order valence-corrected chi connectivity index (χ3v) is 5.00. The van der Waals surface area contributed by atoms with E-state index in [0.717, 1.165) is 11.3 Å². The van der Waals surface area contributed by atoms with E-state index in [1.54, 1.807) is 24.3 Å². The van der Waals surface area contributed by atoms with Crippen LogP contribution in [-0.2, 0) is 9.59 Å². The minimum atomic E-state index is -0.580. The number of carbonyl (C=O) groups excluding carboxylic acids is 3. The van der Waals surface area contributed by atoms with Gasteiger partial charge in [-0.2, -0.15) is 0 Å². The number of hydrogen-bond acceptors (Lipinski definition) is 5. The maximum absolute atomic E-state index is 12.4. The highest BCUT2D eigenvalue weighted by atomic mass is 16.2. The van der Waals surface area contributed by atoms with Crippen molar-refractivity contribution in [1.82, 2.24) is 9.80 Å². The third-order valence-electron chi connectivity index (χ3n) is 5.00. The molecular formula is C22H27N5O3. The summed E-state index contributed by atoms with van der Waals surface area (Å²) >= 11 is 0. The molecule has 3 amide bonds. The van der Waals surface area contributed by atoms with Crippen LogP contribution in [-0.4, -0.2) is 66.8 Å². The second-order valence-electron chi connectivity index (χ2n) is 7.42. The first-order chi connectivity index (χ1) is 14.4. The summed E-state index contributed by atoms with van der Waals surface area (Å²) in [6, 6.07) is 14.4. The summed E-state index contributed by atoms with van der Waals surface area (Å²) in [7, 11) is 0. The molecule has 158 valence electrons. The fourth-order valence-electron chi connectivity index (χ4n) is 3.35. The lowest BCUT2D eigenvalue weighted by molar-refractivity contribution is -0.120. The van der Waals surface area contributed by atoms with E-state index in [9.17, 15) is 14.4 Å². The molecule has 0 atom stereocenters. The molecule has 1 fully saturated rings. The number of aryl methyl sites for hydroxylation is 1. The Morgan fingerprint density at radius 2 is 1.37 bits per heavy atom. The zero-order valence-electron chi connectivity index (χ0n) is 17.1. The molecule has 1 heterocycles. The molecule has 1 saturated heterocycles. The van der Waals surface area contributed by atoms with Gasteiger partial charge in [0.25, 0.3) is 5.91 Å². The van der Waals surface area contributed by atoms with E-state index >= 15 is 0 Å². The Balaban J connectivity index is 1.42. The number of nitrogens with one attached hydrogen (secondary N) is 2. The van der Waals surface area contributed by atoms with Gasteiger partial charge in [-0.1, -0.05) is 29.8 Å². The van der Waals surface area contributed by atoms with Gasteiger partial charge in [-0.15, -0.1) is 0 Å². The Labute approximate surface area is 176 Å². The first kappa shape index (κ1) is 21.5. The summed E-state index contributed by atoms with van der Waals surface area (Å²) in [5.74, 6) is -0.828. The summed E-state index contributed by atoms with van der Waals surface area (Å²) in [5.41, 5.74) is 7.98. The summed E-state index contributed by atoms with van der Waals surface area (Å²) in [5, 5.41) is 5.66. The molecule has 1 aliphatic heterocycles. The molecule has 4 N–H and O–H groups in total. The Bertz CT molecular complexity index is 905. The second kappa shape index (κ2) is 10.00. The van der Waals surface area contributed by atoms with E-state index in [1.165, 1.54) is 0 Å². The maximum Gasteiger partial charge on any atom is 0.250 e. The van der Waals surface area contributed by atoms with Crippen molar-refractivity contribution in [3.63, 3.8) is 0 Å². The Morgan fingerprint density at radius 1 is 0.833 bits per heavy atom. The molecule has 1 aliphatic rings. The minimum absolute atomic E-state index is 0.0481. The van der Waals surface area contributed by atoms with Gasteiger partial charge in [0.15, 0.2) is 0 Å². The summed E-state index contributed by atoms with van der Waals surface area (Å²) < 4.78 is 0. The number of piperazine rings is 1. The Kier molecular flexibility index (Phi) is 7.16. The quantitative estimate of drug-likeness (QED) is 0.639. The molecule has 2 aromatic rings. The first-order valence-corrected chi connectivity index (χ1v) is 9.90. The van der Waals surface area contributed by atoms with Crippen LogP contribution in [0.1, 0.15) is 15.9 Å². The van der Waals surface area contributed by atoms with Crippen molar-refractivity contribution in [3.05, 3.63) is 59.7 Å². The molecule has 0 spiro atoms. The smallest absolute Gasteiger partial charge is 0.250 e.